The van der Waals surface area contributed by atoms with Crippen LogP contribution < -0.4 is 5.32 Å². The minimum absolute atomic E-state index is 0.127. The molecule has 1 N–H and O–H groups in total. The van der Waals surface area contributed by atoms with Crippen LogP contribution in [0, 0.1) is 17.7 Å². The topological polar surface area (TPSA) is 12.0 Å². The van der Waals surface area contributed by atoms with Crippen LogP contribution in [0.4, 0.5) is 4.39 Å². The van der Waals surface area contributed by atoms with E-state index in [2.05, 4.69) is 26.1 Å². The molecule has 1 aliphatic rings. The maximum absolute atomic E-state index is 13.6. The highest BCUT2D eigenvalue weighted by atomic mass is 35.5. The van der Waals surface area contributed by atoms with Gasteiger partial charge in [0.2, 0.25) is 0 Å². The second kappa shape index (κ2) is 7.11. The Kier molecular flexibility index (Phi) is 5.67. The number of hydrogen-bond donors (Lipinski definition) is 1. The van der Waals surface area contributed by atoms with Gasteiger partial charge in [0.15, 0.2) is 0 Å². The smallest absolute Gasteiger partial charge is 0.142 e. The van der Waals surface area contributed by atoms with Crippen molar-refractivity contribution in [1.82, 2.24) is 5.32 Å². The second-order valence-corrected chi connectivity index (χ2v) is 7.80. The fourth-order valence-electron chi connectivity index (χ4n) is 3.24. The van der Waals surface area contributed by atoms with E-state index in [1.807, 2.05) is 6.07 Å². The van der Waals surface area contributed by atoms with Crippen molar-refractivity contribution in [3.05, 3.63) is 34.6 Å². The van der Waals surface area contributed by atoms with Gasteiger partial charge in [0.1, 0.15) is 5.82 Å². The first kappa shape index (κ1) is 16.8. The molecule has 1 atom stereocenters. The van der Waals surface area contributed by atoms with Gasteiger partial charge in [-0.15, -0.1) is 0 Å². The molecule has 21 heavy (non-hydrogen) atoms. The van der Waals surface area contributed by atoms with Gasteiger partial charge in [0, 0.05) is 5.54 Å². The minimum atomic E-state index is -0.303. The first-order chi connectivity index (χ1) is 9.85. The Hall–Kier alpha value is -0.600. The fourth-order valence-corrected chi connectivity index (χ4v) is 3.36. The van der Waals surface area contributed by atoms with Gasteiger partial charge in [-0.2, -0.15) is 0 Å². The summed E-state index contributed by atoms with van der Waals surface area (Å²) >= 11 is 5.78. The third-order valence-electron chi connectivity index (χ3n) is 4.44. The molecule has 1 aromatic rings. The summed E-state index contributed by atoms with van der Waals surface area (Å²) in [7, 11) is 0. The van der Waals surface area contributed by atoms with Gasteiger partial charge < -0.3 is 5.32 Å². The first-order valence-corrected chi connectivity index (χ1v) is 8.42. The van der Waals surface area contributed by atoms with E-state index in [1.54, 1.807) is 12.1 Å². The Morgan fingerprint density at radius 2 is 1.95 bits per heavy atom. The molecule has 0 radical (unpaired) electrons. The number of rotatable bonds is 5. The Bertz CT molecular complexity index is 461. The van der Waals surface area contributed by atoms with Crippen LogP contribution >= 0.6 is 11.6 Å². The van der Waals surface area contributed by atoms with Crippen LogP contribution in [0.5, 0.6) is 0 Å². The van der Waals surface area contributed by atoms with Crippen molar-refractivity contribution in [3.8, 4) is 0 Å². The van der Waals surface area contributed by atoms with Crippen molar-refractivity contribution in [2.45, 2.75) is 58.4 Å². The second-order valence-electron chi connectivity index (χ2n) is 7.39. The summed E-state index contributed by atoms with van der Waals surface area (Å²) in [4.78, 5) is 0. The normalized spacial score (nSPS) is 18.1. The molecule has 1 fully saturated rings. The van der Waals surface area contributed by atoms with Crippen LogP contribution in [0.25, 0.3) is 0 Å². The number of benzene rings is 1. The molecule has 1 aliphatic carbocycles. The molecule has 0 heterocycles. The predicted octanol–water partition coefficient (Wildman–Crippen LogP) is 5.22. The van der Waals surface area contributed by atoms with Crippen LogP contribution in [0.2, 0.25) is 5.02 Å². The summed E-state index contributed by atoms with van der Waals surface area (Å²) < 4.78 is 13.6. The number of nitrogens with one attached hydrogen (secondary N) is 1. The number of halogens is 2. The molecule has 0 aliphatic heterocycles. The zero-order valence-corrected chi connectivity index (χ0v) is 14.1. The molecule has 1 aromatic carbocycles. The van der Waals surface area contributed by atoms with E-state index in [-0.39, 0.29) is 16.4 Å². The molecule has 118 valence electrons. The van der Waals surface area contributed by atoms with E-state index in [0.29, 0.717) is 5.92 Å². The zero-order valence-electron chi connectivity index (χ0n) is 13.4. The van der Waals surface area contributed by atoms with Crippen LogP contribution in [-0.2, 0) is 6.42 Å². The van der Waals surface area contributed by atoms with Crippen molar-refractivity contribution >= 4 is 11.6 Å². The summed E-state index contributed by atoms with van der Waals surface area (Å²) in [5.74, 6) is 1.04. The monoisotopic (exact) mass is 311 g/mol. The molecule has 0 spiro atoms. The Labute approximate surface area is 133 Å². The molecule has 1 nitrogen and oxygen atoms in total. The Morgan fingerprint density at radius 3 is 2.52 bits per heavy atom. The molecule has 0 amide bonds. The van der Waals surface area contributed by atoms with Crippen LogP contribution in [0.15, 0.2) is 18.2 Å². The quantitative estimate of drug-likeness (QED) is 0.786. The van der Waals surface area contributed by atoms with Crippen molar-refractivity contribution in [2.24, 2.45) is 11.8 Å². The lowest BCUT2D eigenvalue weighted by atomic mass is 9.85. The first-order valence-electron chi connectivity index (χ1n) is 8.04. The highest BCUT2D eigenvalue weighted by Gasteiger charge is 2.26. The third kappa shape index (κ3) is 5.27. The molecular formula is C18H27ClFN. The summed E-state index contributed by atoms with van der Waals surface area (Å²) in [6.07, 6.45) is 6.23. The summed E-state index contributed by atoms with van der Waals surface area (Å²) in [5.41, 5.74) is 1.19. The van der Waals surface area contributed by atoms with Gasteiger partial charge in [-0.05, 0) is 63.3 Å². The maximum Gasteiger partial charge on any atom is 0.142 e. The van der Waals surface area contributed by atoms with Crippen LogP contribution in [-0.4, -0.2) is 12.1 Å². The zero-order chi connectivity index (χ0) is 15.5. The highest BCUT2D eigenvalue weighted by molar-refractivity contribution is 6.30. The predicted molar refractivity (Wildman–Crippen MR) is 88.3 cm³/mol. The van der Waals surface area contributed by atoms with Crippen LogP contribution in [0.3, 0.4) is 0 Å². The lowest BCUT2D eigenvalue weighted by Crippen LogP contribution is -2.41. The van der Waals surface area contributed by atoms with Gasteiger partial charge in [0.25, 0.3) is 0 Å². The highest BCUT2D eigenvalue weighted by Crippen LogP contribution is 2.33. The molecule has 0 bridgehead atoms. The van der Waals surface area contributed by atoms with E-state index in [9.17, 15) is 4.39 Å². The largest absolute Gasteiger partial charge is 0.312 e. The van der Waals surface area contributed by atoms with Gasteiger partial charge in [-0.1, -0.05) is 43.4 Å². The molecule has 0 saturated heterocycles. The lowest BCUT2D eigenvalue weighted by molar-refractivity contribution is 0.286. The molecule has 1 saturated carbocycles. The molecular weight excluding hydrogens is 285 g/mol. The molecule has 0 aromatic heterocycles. The number of hydrogen-bond acceptors (Lipinski definition) is 1. The molecule has 3 heteroatoms. The molecule has 1 unspecified atom stereocenters. The Morgan fingerprint density at radius 1 is 1.29 bits per heavy atom. The van der Waals surface area contributed by atoms with E-state index in [4.69, 9.17) is 11.6 Å². The van der Waals surface area contributed by atoms with Crippen LogP contribution in [0.1, 0.15) is 52.0 Å². The van der Waals surface area contributed by atoms with E-state index < -0.39 is 0 Å². The summed E-state index contributed by atoms with van der Waals surface area (Å²) in [5, 5.41) is 3.84. The fraction of sp³-hybridized carbons (Fsp3) is 0.667. The third-order valence-corrected chi connectivity index (χ3v) is 4.75. The van der Waals surface area contributed by atoms with Gasteiger partial charge in [-0.25, -0.2) is 4.39 Å². The summed E-state index contributed by atoms with van der Waals surface area (Å²) in [6, 6.07) is 5.24. The van der Waals surface area contributed by atoms with Gasteiger partial charge >= 0.3 is 0 Å². The Balaban J connectivity index is 2.05. The average molecular weight is 312 g/mol. The van der Waals surface area contributed by atoms with E-state index in [1.165, 1.54) is 25.7 Å². The van der Waals surface area contributed by atoms with E-state index in [0.717, 1.165) is 24.4 Å². The van der Waals surface area contributed by atoms with Gasteiger partial charge in [0.05, 0.1) is 5.02 Å². The van der Waals surface area contributed by atoms with Crippen molar-refractivity contribution in [1.29, 1.82) is 0 Å². The maximum atomic E-state index is 13.6. The summed E-state index contributed by atoms with van der Waals surface area (Å²) in [6.45, 7) is 7.58. The SMILES string of the molecule is CC(C)(C)NCC(Cc1ccc(Cl)c(F)c1)C1CCCC1. The van der Waals surface area contributed by atoms with E-state index >= 15 is 0 Å². The van der Waals surface area contributed by atoms with Crippen molar-refractivity contribution < 1.29 is 4.39 Å². The minimum Gasteiger partial charge on any atom is -0.312 e. The van der Waals surface area contributed by atoms with Crippen molar-refractivity contribution in [2.75, 3.05) is 6.54 Å². The van der Waals surface area contributed by atoms with Crippen molar-refractivity contribution in [3.63, 3.8) is 0 Å². The molecule has 2 rings (SSSR count). The lowest BCUT2D eigenvalue weighted by Gasteiger charge is -2.29. The average Bonchev–Trinajstić information content (AvgIpc) is 2.91. The van der Waals surface area contributed by atoms with Gasteiger partial charge in [-0.3, -0.25) is 0 Å². The standard InChI is InChI=1S/C18H27ClFN/c1-18(2,3)21-12-15(14-6-4-5-7-14)10-13-8-9-16(19)17(20)11-13/h8-9,11,14-15,21H,4-7,10,12H2,1-3H3.